The van der Waals surface area contributed by atoms with Gasteiger partial charge in [0.05, 0.1) is 18.0 Å². The van der Waals surface area contributed by atoms with Gasteiger partial charge in [-0.2, -0.15) is 9.40 Å². The zero-order chi connectivity index (χ0) is 21.8. The molecule has 8 nitrogen and oxygen atoms in total. The summed E-state index contributed by atoms with van der Waals surface area (Å²) in [6, 6.07) is 8.44. The lowest BCUT2D eigenvalue weighted by molar-refractivity contribution is 0.272. The van der Waals surface area contributed by atoms with Gasteiger partial charge in [-0.3, -0.25) is 0 Å². The first kappa shape index (κ1) is 20.4. The third-order valence-corrected chi connectivity index (χ3v) is 8.29. The van der Waals surface area contributed by atoms with Crippen LogP contribution in [-0.2, 0) is 15.4 Å². The SMILES string of the molecule is C[C@H]1CN(c2cc(-n3ncc4ccc(C5(C)CCC5)cc43)ncn2)CCN1S(C)(=O)=O. The van der Waals surface area contributed by atoms with Crippen LogP contribution in [0.2, 0.25) is 0 Å². The summed E-state index contributed by atoms with van der Waals surface area (Å²) >= 11 is 0. The Hall–Kier alpha value is -2.52. The molecule has 1 aliphatic heterocycles. The third kappa shape index (κ3) is 3.59. The van der Waals surface area contributed by atoms with Crippen molar-refractivity contribution in [1.29, 1.82) is 0 Å². The van der Waals surface area contributed by atoms with Crippen LogP contribution < -0.4 is 4.90 Å². The molecule has 0 amide bonds. The summed E-state index contributed by atoms with van der Waals surface area (Å²) in [7, 11) is -3.20. The molecule has 5 rings (SSSR count). The Kier molecular flexibility index (Phi) is 4.78. The minimum Gasteiger partial charge on any atom is -0.354 e. The van der Waals surface area contributed by atoms with Crippen molar-refractivity contribution >= 4 is 26.7 Å². The Morgan fingerprint density at radius 1 is 1.10 bits per heavy atom. The number of aromatic nitrogens is 4. The molecule has 3 aromatic rings. The van der Waals surface area contributed by atoms with Crippen molar-refractivity contribution in [2.45, 2.75) is 44.6 Å². The quantitative estimate of drug-likeness (QED) is 0.620. The molecule has 1 saturated carbocycles. The van der Waals surface area contributed by atoms with Gasteiger partial charge in [0.1, 0.15) is 12.1 Å². The number of benzene rings is 1. The highest BCUT2D eigenvalue weighted by Gasteiger charge is 2.34. The van der Waals surface area contributed by atoms with Gasteiger partial charge in [0.25, 0.3) is 0 Å². The predicted molar refractivity (Wildman–Crippen MR) is 121 cm³/mol. The molecule has 0 N–H and O–H groups in total. The van der Waals surface area contributed by atoms with Crippen molar-refractivity contribution in [3.63, 3.8) is 0 Å². The molecule has 2 fully saturated rings. The average molecular weight is 441 g/mol. The van der Waals surface area contributed by atoms with Crippen molar-refractivity contribution < 1.29 is 8.42 Å². The molecule has 3 heterocycles. The second-order valence-electron chi connectivity index (χ2n) is 9.15. The van der Waals surface area contributed by atoms with Crippen molar-refractivity contribution in [3.8, 4) is 5.82 Å². The van der Waals surface area contributed by atoms with Crippen LogP contribution in [0.3, 0.4) is 0 Å². The zero-order valence-electron chi connectivity index (χ0n) is 18.2. The van der Waals surface area contributed by atoms with Crippen LogP contribution in [0.4, 0.5) is 5.82 Å². The predicted octanol–water partition coefficient (Wildman–Crippen LogP) is 2.73. The van der Waals surface area contributed by atoms with E-state index in [-0.39, 0.29) is 11.5 Å². The van der Waals surface area contributed by atoms with E-state index in [1.54, 1.807) is 10.6 Å². The van der Waals surface area contributed by atoms with E-state index in [9.17, 15) is 8.42 Å². The molecule has 1 saturated heterocycles. The highest BCUT2D eigenvalue weighted by atomic mass is 32.2. The molecule has 31 heavy (non-hydrogen) atoms. The van der Waals surface area contributed by atoms with Crippen LogP contribution in [-0.4, -0.2) is 64.4 Å². The van der Waals surface area contributed by atoms with Gasteiger partial charge in [-0.1, -0.05) is 25.5 Å². The maximum atomic E-state index is 12.0. The fraction of sp³-hybridized carbons (Fsp3) is 0.500. The number of anilines is 1. The van der Waals surface area contributed by atoms with Gasteiger partial charge >= 0.3 is 0 Å². The lowest BCUT2D eigenvalue weighted by atomic mass is 9.66. The second-order valence-corrected chi connectivity index (χ2v) is 11.1. The highest BCUT2D eigenvalue weighted by molar-refractivity contribution is 7.88. The van der Waals surface area contributed by atoms with Crippen molar-refractivity contribution in [2.24, 2.45) is 0 Å². The average Bonchev–Trinajstić information content (AvgIpc) is 3.14. The summed E-state index contributed by atoms with van der Waals surface area (Å²) in [6.45, 7) is 5.89. The van der Waals surface area contributed by atoms with E-state index >= 15 is 0 Å². The van der Waals surface area contributed by atoms with Gasteiger partial charge < -0.3 is 4.90 Å². The normalized spacial score (nSPS) is 21.9. The number of hydrogen-bond acceptors (Lipinski definition) is 6. The van der Waals surface area contributed by atoms with E-state index in [4.69, 9.17) is 0 Å². The van der Waals surface area contributed by atoms with Crippen LogP contribution in [0.25, 0.3) is 16.7 Å². The van der Waals surface area contributed by atoms with Crippen LogP contribution in [0.15, 0.2) is 36.8 Å². The molecular weight excluding hydrogens is 412 g/mol. The van der Waals surface area contributed by atoms with E-state index < -0.39 is 10.0 Å². The molecule has 9 heteroatoms. The number of nitrogens with zero attached hydrogens (tertiary/aromatic N) is 6. The van der Waals surface area contributed by atoms with Crippen LogP contribution in [0, 0.1) is 0 Å². The smallest absolute Gasteiger partial charge is 0.211 e. The molecule has 0 bridgehead atoms. The first-order chi connectivity index (χ1) is 14.7. The van der Waals surface area contributed by atoms with Crippen LogP contribution >= 0.6 is 0 Å². The maximum Gasteiger partial charge on any atom is 0.211 e. The molecule has 2 aromatic heterocycles. The maximum absolute atomic E-state index is 12.0. The van der Waals surface area contributed by atoms with Crippen molar-refractivity contribution in [3.05, 3.63) is 42.4 Å². The first-order valence-electron chi connectivity index (χ1n) is 10.8. The monoisotopic (exact) mass is 440 g/mol. The van der Waals surface area contributed by atoms with E-state index in [0.717, 1.165) is 16.7 Å². The molecule has 2 aliphatic rings. The Bertz CT molecular complexity index is 1230. The van der Waals surface area contributed by atoms with E-state index in [0.29, 0.717) is 25.5 Å². The largest absolute Gasteiger partial charge is 0.354 e. The molecule has 164 valence electrons. The minimum atomic E-state index is -3.20. The van der Waals surface area contributed by atoms with Gasteiger partial charge in [-0.25, -0.2) is 23.1 Å². The number of hydrogen-bond donors (Lipinski definition) is 0. The van der Waals surface area contributed by atoms with Gasteiger partial charge in [-0.15, -0.1) is 0 Å². The summed E-state index contributed by atoms with van der Waals surface area (Å²) in [6.07, 6.45) is 8.43. The van der Waals surface area contributed by atoms with Crippen LogP contribution in [0.1, 0.15) is 38.7 Å². The third-order valence-electron chi connectivity index (χ3n) is 6.90. The van der Waals surface area contributed by atoms with E-state index in [1.807, 2.05) is 23.9 Å². The van der Waals surface area contributed by atoms with Gasteiger partial charge in [0, 0.05) is 37.1 Å². The lowest BCUT2D eigenvalue weighted by Crippen LogP contribution is -2.53. The Balaban J connectivity index is 1.46. The van der Waals surface area contributed by atoms with Gasteiger partial charge in [0.2, 0.25) is 10.0 Å². The topological polar surface area (TPSA) is 84.2 Å². The van der Waals surface area contributed by atoms with Crippen LogP contribution in [0.5, 0.6) is 0 Å². The summed E-state index contributed by atoms with van der Waals surface area (Å²) in [5, 5.41) is 5.68. The lowest BCUT2D eigenvalue weighted by Gasteiger charge is -2.39. The highest BCUT2D eigenvalue weighted by Crippen LogP contribution is 2.43. The molecule has 1 aliphatic carbocycles. The molecule has 1 aromatic carbocycles. The first-order valence-corrected chi connectivity index (χ1v) is 12.6. The molecule has 1 atom stereocenters. The summed E-state index contributed by atoms with van der Waals surface area (Å²) < 4.78 is 27.4. The Morgan fingerprint density at radius 3 is 2.55 bits per heavy atom. The van der Waals surface area contributed by atoms with E-state index in [2.05, 4.69) is 45.1 Å². The molecule has 0 spiro atoms. The van der Waals surface area contributed by atoms with E-state index in [1.165, 1.54) is 31.1 Å². The van der Waals surface area contributed by atoms with Crippen molar-refractivity contribution in [1.82, 2.24) is 24.1 Å². The summed E-state index contributed by atoms with van der Waals surface area (Å²) in [4.78, 5) is 11.1. The van der Waals surface area contributed by atoms with Gasteiger partial charge in [-0.05, 0) is 36.8 Å². The molecule has 0 unspecified atom stereocenters. The zero-order valence-corrected chi connectivity index (χ0v) is 19.0. The Morgan fingerprint density at radius 2 is 1.87 bits per heavy atom. The second kappa shape index (κ2) is 7.27. The number of sulfonamides is 1. The fourth-order valence-corrected chi connectivity index (χ4v) is 5.97. The number of rotatable bonds is 4. The minimum absolute atomic E-state index is 0.113. The Labute approximate surface area is 182 Å². The summed E-state index contributed by atoms with van der Waals surface area (Å²) in [5.74, 6) is 1.50. The number of piperazine rings is 1. The standard InChI is InChI=1S/C22H28N6O2S/c1-16-14-26(9-10-27(16)31(3,29)30)20-12-21(24-15-23-20)28-19-11-18(22(2)7-4-8-22)6-5-17(19)13-25-28/h5-6,11-13,15-16H,4,7-10,14H2,1-3H3/t16-/m0/s1. The summed E-state index contributed by atoms with van der Waals surface area (Å²) in [5.41, 5.74) is 2.66. The van der Waals surface area contributed by atoms with Gasteiger partial charge in [0.15, 0.2) is 5.82 Å². The van der Waals surface area contributed by atoms with Crippen molar-refractivity contribution in [2.75, 3.05) is 30.8 Å². The number of fused-ring (bicyclic) bond motifs is 1. The fourth-order valence-electron chi connectivity index (χ4n) is 4.84. The molecular formula is C22H28N6O2S. The molecule has 0 radical (unpaired) electrons.